The van der Waals surface area contributed by atoms with Crippen molar-refractivity contribution in [2.24, 2.45) is 7.05 Å². The summed E-state index contributed by atoms with van der Waals surface area (Å²) in [6.45, 7) is 3.74. The fourth-order valence-electron chi connectivity index (χ4n) is 3.34. The van der Waals surface area contributed by atoms with Gasteiger partial charge in [-0.2, -0.15) is 9.40 Å². The number of hydrogen-bond acceptors (Lipinski definition) is 5. The van der Waals surface area contributed by atoms with Crippen LogP contribution in [0.15, 0.2) is 41.8 Å². The van der Waals surface area contributed by atoms with E-state index in [2.05, 4.69) is 15.0 Å². The van der Waals surface area contributed by atoms with Crippen LogP contribution >= 0.6 is 0 Å². The minimum Gasteiger partial charge on any atom is -0.329 e. The molecule has 0 N–H and O–H groups in total. The summed E-state index contributed by atoms with van der Waals surface area (Å²) >= 11 is 0. The molecule has 3 heterocycles. The van der Waals surface area contributed by atoms with Crippen LogP contribution < -0.4 is 0 Å². The summed E-state index contributed by atoms with van der Waals surface area (Å²) in [5.41, 5.74) is 1.54. The molecule has 1 aliphatic rings. The Labute approximate surface area is 156 Å². The molecule has 0 spiro atoms. The average molecular weight is 392 g/mol. The first-order valence-corrected chi connectivity index (χ1v) is 10.2. The molecule has 1 saturated heterocycles. The summed E-state index contributed by atoms with van der Waals surface area (Å²) in [6, 6.07) is 4.59. The Morgan fingerprint density at radius 2 is 1.93 bits per heavy atom. The van der Waals surface area contributed by atoms with Crippen molar-refractivity contribution >= 4 is 21.1 Å². The molecular formula is C17H21FN6O2S. The van der Waals surface area contributed by atoms with Gasteiger partial charge >= 0.3 is 0 Å². The Morgan fingerprint density at radius 1 is 1.15 bits per heavy atom. The molecular weight excluding hydrogens is 371 g/mol. The van der Waals surface area contributed by atoms with Crippen molar-refractivity contribution in [1.82, 2.24) is 28.5 Å². The second-order valence-corrected chi connectivity index (χ2v) is 8.60. The second kappa shape index (κ2) is 7.02. The lowest BCUT2D eigenvalue weighted by Gasteiger charge is -2.33. The van der Waals surface area contributed by atoms with E-state index in [1.807, 2.05) is 4.57 Å². The SMILES string of the molecule is Cn1cc(S(=O)(=O)N2CCN(CCn3cnc4cc(F)ccc43)CC2)cn1. The minimum absolute atomic E-state index is 0.232. The molecule has 27 heavy (non-hydrogen) atoms. The van der Waals surface area contributed by atoms with Gasteiger partial charge in [-0.3, -0.25) is 9.58 Å². The zero-order valence-electron chi connectivity index (χ0n) is 15.0. The fourth-order valence-corrected chi connectivity index (χ4v) is 4.75. The quantitative estimate of drug-likeness (QED) is 0.645. The van der Waals surface area contributed by atoms with E-state index in [1.165, 1.54) is 33.5 Å². The molecule has 0 radical (unpaired) electrons. The third-order valence-corrected chi connectivity index (χ3v) is 6.74. The van der Waals surface area contributed by atoms with Gasteiger partial charge < -0.3 is 4.57 Å². The van der Waals surface area contributed by atoms with Gasteiger partial charge in [-0.15, -0.1) is 0 Å². The first-order chi connectivity index (χ1) is 12.9. The van der Waals surface area contributed by atoms with Crippen LogP contribution in [0.1, 0.15) is 0 Å². The number of aryl methyl sites for hydroxylation is 1. The van der Waals surface area contributed by atoms with Crippen LogP contribution in [-0.2, 0) is 23.6 Å². The monoisotopic (exact) mass is 392 g/mol. The third kappa shape index (κ3) is 3.60. The van der Waals surface area contributed by atoms with Crippen molar-refractivity contribution in [2.75, 3.05) is 32.7 Å². The van der Waals surface area contributed by atoms with Crippen molar-refractivity contribution in [1.29, 1.82) is 0 Å². The number of piperazine rings is 1. The summed E-state index contributed by atoms with van der Waals surface area (Å²) in [4.78, 5) is 6.69. The van der Waals surface area contributed by atoms with Crippen molar-refractivity contribution in [3.05, 3.63) is 42.7 Å². The van der Waals surface area contributed by atoms with Gasteiger partial charge in [0.15, 0.2) is 0 Å². The molecule has 1 aliphatic heterocycles. The van der Waals surface area contributed by atoms with Crippen LogP contribution in [-0.4, -0.2) is 69.7 Å². The van der Waals surface area contributed by atoms with E-state index in [0.29, 0.717) is 31.7 Å². The maximum atomic E-state index is 13.3. The van der Waals surface area contributed by atoms with Gasteiger partial charge in [0.25, 0.3) is 0 Å². The second-order valence-electron chi connectivity index (χ2n) is 6.67. The summed E-state index contributed by atoms with van der Waals surface area (Å²) < 4.78 is 43.5. The standard InChI is InChI=1S/C17H21FN6O2S/c1-21-12-15(11-20-21)27(25,26)24-8-5-22(6-9-24)4-7-23-13-19-16-10-14(18)2-3-17(16)23/h2-3,10-13H,4-9H2,1H3. The maximum Gasteiger partial charge on any atom is 0.246 e. The van der Waals surface area contributed by atoms with Crippen molar-refractivity contribution in [2.45, 2.75) is 11.4 Å². The van der Waals surface area contributed by atoms with Crippen molar-refractivity contribution < 1.29 is 12.8 Å². The van der Waals surface area contributed by atoms with Crippen LogP contribution in [0.2, 0.25) is 0 Å². The van der Waals surface area contributed by atoms with E-state index >= 15 is 0 Å². The number of fused-ring (bicyclic) bond motifs is 1. The highest BCUT2D eigenvalue weighted by atomic mass is 32.2. The molecule has 0 unspecified atom stereocenters. The van der Waals surface area contributed by atoms with E-state index < -0.39 is 10.0 Å². The first kappa shape index (κ1) is 18.1. The number of aromatic nitrogens is 4. The smallest absolute Gasteiger partial charge is 0.246 e. The van der Waals surface area contributed by atoms with Crippen LogP contribution in [0.25, 0.3) is 11.0 Å². The Hall–Kier alpha value is -2.30. The largest absolute Gasteiger partial charge is 0.329 e. The molecule has 4 rings (SSSR count). The summed E-state index contributed by atoms with van der Waals surface area (Å²) in [5, 5.41) is 3.95. The first-order valence-electron chi connectivity index (χ1n) is 8.75. The van der Waals surface area contributed by atoms with Gasteiger partial charge in [0.1, 0.15) is 10.7 Å². The molecule has 0 aliphatic carbocycles. The van der Waals surface area contributed by atoms with Gasteiger partial charge in [0.05, 0.1) is 23.6 Å². The summed E-state index contributed by atoms with van der Waals surface area (Å²) in [7, 11) is -1.78. The number of imidazole rings is 1. The number of hydrogen-bond donors (Lipinski definition) is 0. The maximum absolute atomic E-state index is 13.3. The zero-order chi connectivity index (χ0) is 19.0. The Kier molecular flexibility index (Phi) is 4.70. The molecule has 0 atom stereocenters. The fraction of sp³-hybridized carbons (Fsp3) is 0.412. The van der Waals surface area contributed by atoms with Crippen molar-refractivity contribution in [3.8, 4) is 0 Å². The van der Waals surface area contributed by atoms with E-state index in [0.717, 1.165) is 18.6 Å². The molecule has 1 fully saturated rings. The van der Waals surface area contributed by atoms with Gasteiger partial charge in [0.2, 0.25) is 10.0 Å². The highest BCUT2D eigenvalue weighted by Gasteiger charge is 2.29. The Balaban J connectivity index is 1.35. The van der Waals surface area contributed by atoms with E-state index in [1.54, 1.807) is 19.4 Å². The van der Waals surface area contributed by atoms with Crippen molar-refractivity contribution in [3.63, 3.8) is 0 Å². The lowest BCUT2D eigenvalue weighted by Crippen LogP contribution is -2.49. The van der Waals surface area contributed by atoms with E-state index in [9.17, 15) is 12.8 Å². The van der Waals surface area contributed by atoms with E-state index in [-0.39, 0.29) is 10.7 Å². The lowest BCUT2D eigenvalue weighted by molar-refractivity contribution is 0.183. The van der Waals surface area contributed by atoms with Crippen LogP contribution in [0.3, 0.4) is 0 Å². The third-order valence-electron chi connectivity index (χ3n) is 4.89. The minimum atomic E-state index is -3.48. The van der Waals surface area contributed by atoms with Gasteiger partial charge in [-0.1, -0.05) is 0 Å². The molecule has 0 saturated carbocycles. The number of halogens is 1. The zero-order valence-corrected chi connectivity index (χ0v) is 15.8. The summed E-state index contributed by atoms with van der Waals surface area (Å²) in [6.07, 6.45) is 4.62. The van der Waals surface area contributed by atoms with Crippen LogP contribution in [0, 0.1) is 5.82 Å². The predicted molar refractivity (Wildman–Crippen MR) is 98.1 cm³/mol. The molecule has 0 amide bonds. The van der Waals surface area contributed by atoms with Gasteiger partial charge in [-0.05, 0) is 12.1 Å². The molecule has 3 aromatic rings. The normalized spacial score (nSPS) is 17.0. The number of nitrogens with zero attached hydrogens (tertiary/aromatic N) is 6. The number of benzene rings is 1. The molecule has 10 heteroatoms. The van der Waals surface area contributed by atoms with Crippen LogP contribution in [0.4, 0.5) is 4.39 Å². The molecule has 8 nitrogen and oxygen atoms in total. The van der Waals surface area contributed by atoms with Gasteiger partial charge in [-0.25, -0.2) is 17.8 Å². The molecule has 2 aromatic heterocycles. The molecule has 144 valence electrons. The van der Waals surface area contributed by atoms with Crippen LogP contribution in [0.5, 0.6) is 0 Å². The van der Waals surface area contributed by atoms with E-state index in [4.69, 9.17) is 0 Å². The lowest BCUT2D eigenvalue weighted by atomic mass is 10.3. The Bertz CT molecular complexity index is 1050. The highest BCUT2D eigenvalue weighted by Crippen LogP contribution is 2.17. The predicted octanol–water partition coefficient (Wildman–Crippen LogP) is 0.915. The highest BCUT2D eigenvalue weighted by molar-refractivity contribution is 7.89. The molecule has 1 aromatic carbocycles. The number of rotatable bonds is 5. The molecule has 0 bridgehead atoms. The average Bonchev–Trinajstić information content (AvgIpc) is 3.26. The summed E-state index contributed by atoms with van der Waals surface area (Å²) in [5.74, 6) is -0.293. The Morgan fingerprint density at radius 3 is 2.63 bits per heavy atom. The number of sulfonamides is 1. The topological polar surface area (TPSA) is 76.3 Å². The van der Waals surface area contributed by atoms with Gasteiger partial charge in [0, 0.05) is 58.6 Å².